The molecule has 4 nitrogen and oxygen atoms in total. The lowest BCUT2D eigenvalue weighted by molar-refractivity contribution is -0.117. The molecule has 2 aromatic carbocycles. The van der Waals surface area contributed by atoms with E-state index in [9.17, 15) is 26.4 Å². The minimum Gasteiger partial charge on any atom is -0.294 e. The van der Waals surface area contributed by atoms with Crippen molar-refractivity contribution in [2.75, 3.05) is 10.8 Å². The first kappa shape index (κ1) is 19.5. The summed E-state index contributed by atoms with van der Waals surface area (Å²) in [4.78, 5) is 11.2. The van der Waals surface area contributed by atoms with Gasteiger partial charge in [-0.1, -0.05) is 34.1 Å². The summed E-state index contributed by atoms with van der Waals surface area (Å²) in [5.74, 6) is -0.411. The summed E-state index contributed by atoms with van der Waals surface area (Å²) in [5, 5.41) is 0. The van der Waals surface area contributed by atoms with E-state index in [0.717, 1.165) is 12.1 Å². The molecule has 0 N–H and O–H groups in total. The van der Waals surface area contributed by atoms with Crippen LogP contribution in [0.3, 0.4) is 0 Å². The minimum atomic E-state index is -4.73. The van der Waals surface area contributed by atoms with Crippen LogP contribution in [0.5, 0.6) is 0 Å². The Hall–Kier alpha value is -1.87. The zero-order valence-electron chi connectivity index (χ0n) is 12.9. The van der Waals surface area contributed by atoms with E-state index in [4.69, 9.17) is 0 Å². The fourth-order valence-corrected chi connectivity index (χ4v) is 4.14. The lowest BCUT2D eigenvalue weighted by atomic mass is 10.1. The zero-order chi connectivity index (χ0) is 18.8. The zero-order valence-corrected chi connectivity index (χ0v) is 15.3. The van der Waals surface area contributed by atoms with Crippen molar-refractivity contribution in [3.63, 3.8) is 0 Å². The fraction of sp³-hybridized carbons (Fsp3) is 0.188. The molecule has 9 heteroatoms. The second-order valence-electron chi connectivity index (χ2n) is 5.16. The topological polar surface area (TPSA) is 54.5 Å². The summed E-state index contributed by atoms with van der Waals surface area (Å²) in [6.07, 6.45) is -4.73. The van der Waals surface area contributed by atoms with Crippen LogP contribution >= 0.6 is 15.9 Å². The number of hydrogen-bond acceptors (Lipinski definition) is 3. The number of Topliss-reactive ketones (excluding diaryl/α,β-unsaturated/α-hetero) is 1. The van der Waals surface area contributed by atoms with Crippen molar-refractivity contribution in [1.82, 2.24) is 0 Å². The standard InChI is InChI=1S/C16H13BrF3NO3S/c1-11(22)14-9-13(7-8-15(14)17)25(23,24)21(10-16(18,19)20)12-5-3-2-4-6-12/h2-9H,10H2,1H3. The van der Waals surface area contributed by atoms with Gasteiger partial charge in [0.25, 0.3) is 10.0 Å². The van der Waals surface area contributed by atoms with Gasteiger partial charge in [-0.2, -0.15) is 13.2 Å². The molecule has 0 saturated heterocycles. The number of rotatable bonds is 5. The highest BCUT2D eigenvalue weighted by Crippen LogP contribution is 2.30. The first-order valence-electron chi connectivity index (χ1n) is 6.97. The van der Waals surface area contributed by atoms with Gasteiger partial charge in [-0.3, -0.25) is 9.10 Å². The number of sulfonamides is 1. The smallest absolute Gasteiger partial charge is 0.294 e. The molecule has 0 heterocycles. The van der Waals surface area contributed by atoms with Gasteiger partial charge in [0.05, 0.1) is 10.6 Å². The van der Waals surface area contributed by atoms with Gasteiger partial charge in [0.2, 0.25) is 0 Å². The molecule has 0 radical (unpaired) electrons. The van der Waals surface area contributed by atoms with E-state index < -0.39 is 33.4 Å². The first-order valence-corrected chi connectivity index (χ1v) is 9.21. The van der Waals surface area contributed by atoms with Crippen LogP contribution < -0.4 is 4.31 Å². The molecule has 0 spiro atoms. The monoisotopic (exact) mass is 435 g/mol. The van der Waals surface area contributed by atoms with E-state index >= 15 is 0 Å². The molecule has 0 amide bonds. The summed E-state index contributed by atoms with van der Waals surface area (Å²) in [6, 6.07) is 10.5. The molecule has 0 unspecified atom stereocenters. The lowest BCUT2D eigenvalue weighted by Crippen LogP contribution is -2.39. The Balaban J connectivity index is 2.59. The summed E-state index contributed by atoms with van der Waals surface area (Å²) < 4.78 is 65.1. The molecular formula is C16H13BrF3NO3S. The van der Waals surface area contributed by atoms with Gasteiger partial charge < -0.3 is 0 Å². The SMILES string of the molecule is CC(=O)c1cc(S(=O)(=O)N(CC(F)(F)F)c2ccccc2)ccc1Br. The van der Waals surface area contributed by atoms with Gasteiger partial charge in [-0.05, 0) is 37.3 Å². The van der Waals surface area contributed by atoms with Crippen LogP contribution in [-0.4, -0.2) is 26.9 Å². The van der Waals surface area contributed by atoms with Gasteiger partial charge in [-0.25, -0.2) is 8.42 Å². The van der Waals surface area contributed by atoms with Crippen LogP contribution in [-0.2, 0) is 10.0 Å². The van der Waals surface area contributed by atoms with Crippen LogP contribution in [0.4, 0.5) is 18.9 Å². The second kappa shape index (κ2) is 7.17. The third kappa shape index (κ3) is 4.60. The van der Waals surface area contributed by atoms with Crippen molar-refractivity contribution in [2.45, 2.75) is 18.0 Å². The highest BCUT2D eigenvalue weighted by atomic mass is 79.9. The van der Waals surface area contributed by atoms with E-state index in [1.54, 1.807) is 6.07 Å². The molecule has 25 heavy (non-hydrogen) atoms. The average molecular weight is 436 g/mol. The number of nitrogens with zero attached hydrogens (tertiary/aromatic N) is 1. The molecular weight excluding hydrogens is 423 g/mol. The molecule has 0 atom stereocenters. The van der Waals surface area contributed by atoms with E-state index in [1.807, 2.05) is 0 Å². The number of para-hydroxylation sites is 1. The highest BCUT2D eigenvalue weighted by Gasteiger charge is 2.37. The first-order chi connectivity index (χ1) is 11.5. The predicted octanol–water partition coefficient (Wildman–Crippen LogP) is 4.41. The van der Waals surface area contributed by atoms with Crippen LogP contribution in [0, 0.1) is 0 Å². The van der Waals surface area contributed by atoms with Crippen molar-refractivity contribution in [3.8, 4) is 0 Å². The molecule has 2 rings (SSSR count). The number of anilines is 1. The number of carbonyl (C=O) groups excluding carboxylic acids is 1. The number of benzene rings is 2. The van der Waals surface area contributed by atoms with Crippen LogP contribution in [0.1, 0.15) is 17.3 Å². The fourth-order valence-electron chi connectivity index (χ4n) is 2.13. The van der Waals surface area contributed by atoms with Crippen molar-refractivity contribution < 1.29 is 26.4 Å². The normalized spacial score (nSPS) is 12.0. The molecule has 0 saturated carbocycles. The minimum absolute atomic E-state index is 0.0705. The van der Waals surface area contributed by atoms with E-state index in [-0.39, 0.29) is 15.6 Å². The quantitative estimate of drug-likeness (QED) is 0.653. The summed E-state index contributed by atoms with van der Waals surface area (Å²) in [7, 11) is -4.52. The Morgan fingerprint density at radius 3 is 2.24 bits per heavy atom. The summed E-state index contributed by atoms with van der Waals surface area (Å²) in [6.45, 7) is -0.439. The molecule has 2 aromatic rings. The Morgan fingerprint density at radius 2 is 1.72 bits per heavy atom. The number of carbonyl (C=O) groups is 1. The Labute approximate surface area is 151 Å². The third-order valence-corrected chi connectivity index (χ3v) is 5.73. The van der Waals surface area contributed by atoms with E-state index in [0.29, 0.717) is 4.47 Å². The molecule has 0 fully saturated rings. The van der Waals surface area contributed by atoms with Gasteiger partial charge in [-0.15, -0.1) is 0 Å². The van der Waals surface area contributed by atoms with E-state index in [1.165, 1.54) is 37.3 Å². The molecule has 0 aliphatic heterocycles. The predicted molar refractivity (Wildman–Crippen MR) is 91.2 cm³/mol. The van der Waals surface area contributed by atoms with Gasteiger partial charge >= 0.3 is 6.18 Å². The molecule has 0 bridgehead atoms. The van der Waals surface area contributed by atoms with Gasteiger partial charge in [0.1, 0.15) is 6.54 Å². The molecule has 0 aliphatic carbocycles. The molecule has 134 valence electrons. The Morgan fingerprint density at radius 1 is 1.12 bits per heavy atom. The van der Waals surface area contributed by atoms with Crippen molar-refractivity contribution in [3.05, 3.63) is 58.6 Å². The van der Waals surface area contributed by atoms with Crippen LogP contribution in [0.2, 0.25) is 0 Å². The van der Waals surface area contributed by atoms with Gasteiger partial charge in [0.15, 0.2) is 5.78 Å². The van der Waals surface area contributed by atoms with E-state index in [2.05, 4.69) is 15.9 Å². The number of alkyl halides is 3. The largest absolute Gasteiger partial charge is 0.407 e. The third-order valence-electron chi connectivity index (χ3n) is 3.27. The Kier molecular flexibility index (Phi) is 5.58. The Bertz CT molecular complexity index is 883. The van der Waals surface area contributed by atoms with Crippen LogP contribution in [0.25, 0.3) is 0 Å². The molecule has 0 aromatic heterocycles. The summed E-state index contributed by atoms with van der Waals surface area (Å²) in [5.41, 5.74) is -0.0479. The van der Waals surface area contributed by atoms with Crippen molar-refractivity contribution in [1.29, 1.82) is 0 Å². The average Bonchev–Trinajstić information content (AvgIpc) is 2.52. The van der Waals surface area contributed by atoms with Crippen molar-refractivity contribution in [2.24, 2.45) is 0 Å². The lowest BCUT2D eigenvalue weighted by Gasteiger charge is -2.25. The summed E-state index contributed by atoms with van der Waals surface area (Å²) >= 11 is 3.12. The number of ketones is 1. The van der Waals surface area contributed by atoms with Crippen LogP contribution in [0.15, 0.2) is 57.9 Å². The number of hydrogen-bond donors (Lipinski definition) is 0. The maximum Gasteiger partial charge on any atom is 0.407 e. The maximum atomic E-state index is 12.9. The van der Waals surface area contributed by atoms with Gasteiger partial charge in [0, 0.05) is 10.0 Å². The number of halogens is 4. The highest BCUT2D eigenvalue weighted by molar-refractivity contribution is 9.10. The molecule has 0 aliphatic rings. The van der Waals surface area contributed by atoms with Crippen molar-refractivity contribution >= 4 is 37.4 Å². The maximum absolute atomic E-state index is 12.9. The second-order valence-corrected chi connectivity index (χ2v) is 7.88.